The molecule has 0 saturated carbocycles. The van der Waals surface area contributed by atoms with Crippen LogP contribution < -0.4 is 0 Å². The van der Waals surface area contributed by atoms with Crippen molar-refractivity contribution in [3.8, 4) is 5.75 Å². The molecule has 15 heavy (non-hydrogen) atoms. The van der Waals surface area contributed by atoms with E-state index in [0.29, 0.717) is 6.61 Å². The smallest absolute Gasteiger partial charge is 0.323 e. The van der Waals surface area contributed by atoms with Crippen molar-refractivity contribution in [2.45, 2.75) is 12.2 Å². The van der Waals surface area contributed by atoms with Gasteiger partial charge in [-0.15, -0.1) is 11.8 Å². The molecule has 0 bridgehead atoms. The molecule has 0 aliphatic heterocycles. The van der Waals surface area contributed by atoms with E-state index in [-0.39, 0.29) is 17.0 Å². The quantitative estimate of drug-likeness (QED) is 0.801. The van der Waals surface area contributed by atoms with Crippen LogP contribution in [-0.4, -0.2) is 23.9 Å². The van der Waals surface area contributed by atoms with E-state index in [2.05, 4.69) is 0 Å². The Bertz CT molecular complexity index is 321. The van der Waals surface area contributed by atoms with E-state index >= 15 is 0 Å². The van der Waals surface area contributed by atoms with Gasteiger partial charge in [-0.1, -0.05) is 12.1 Å². The molecule has 82 valence electrons. The van der Waals surface area contributed by atoms with Gasteiger partial charge in [-0.25, -0.2) is 0 Å². The van der Waals surface area contributed by atoms with E-state index in [4.69, 9.17) is 9.84 Å². The maximum atomic E-state index is 11.6. The Morgan fingerprint density at radius 1 is 1.47 bits per heavy atom. The average Bonchev–Trinajstić information content (AvgIpc) is 2.22. The largest absolute Gasteiger partial charge is 0.508 e. The highest BCUT2D eigenvalue weighted by Crippen LogP contribution is 2.28. The second-order valence-electron chi connectivity index (χ2n) is 2.96. The van der Waals surface area contributed by atoms with Gasteiger partial charge in [-0.2, -0.15) is 0 Å². The summed E-state index contributed by atoms with van der Waals surface area (Å²) in [4.78, 5) is 11.6. The standard InChI is InChI=1S/C11H14O3S/c1-3-14-11(13)10(15-2)8-4-6-9(12)7-5-8/h4-7,10,12H,3H2,1-2H3. The van der Waals surface area contributed by atoms with Gasteiger partial charge in [-0.3, -0.25) is 4.79 Å². The van der Waals surface area contributed by atoms with Crippen LogP contribution in [0.25, 0.3) is 0 Å². The molecule has 4 heteroatoms. The first-order chi connectivity index (χ1) is 7.19. The first-order valence-corrected chi connectivity index (χ1v) is 5.96. The Hall–Kier alpha value is -1.16. The number of benzene rings is 1. The molecule has 0 fully saturated rings. The van der Waals surface area contributed by atoms with Gasteiger partial charge >= 0.3 is 5.97 Å². The summed E-state index contributed by atoms with van der Waals surface area (Å²) in [6, 6.07) is 6.59. The van der Waals surface area contributed by atoms with Crippen LogP contribution in [-0.2, 0) is 9.53 Å². The van der Waals surface area contributed by atoms with Crippen LogP contribution in [0.4, 0.5) is 0 Å². The number of ether oxygens (including phenoxy) is 1. The molecule has 1 atom stereocenters. The molecule has 0 aliphatic carbocycles. The molecule has 0 aromatic heterocycles. The van der Waals surface area contributed by atoms with E-state index in [0.717, 1.165) is 5.56 Å². The van der Waals surface area contributed by atoms with E-state index < -0.39 is 0 Å². The first-order valence-electron chi connectivity index (χ1n) is 4.67. The van der Waals surface area contributed by atoms with Gasteiger partial charge in [-0.05, 0) is 30.9 Å². The lowest BCUT2D eigenvalue weighted by molar-refractivity contribution is -0.142. The molecule has 1 aromatic carbocycles. The van der Waals surface area contributed by atoms with Crippen LogP contribution in [0.2, 0.25) is 0 Å². The summed E-state index contributed by atoms with van der Waals surface area (Å²) in [7, 11) is 0. The number of esters is 1. The van der Waals surface area contributed by atoms with Gasteiger partial charge in [0.1, 0.15) is 11.0 Å². The minimum Gasteiger partial charge on any atom is -0.508 e. The van der Waals surface area contributed by atoms with Crippen molar-refractivity contribution in [1.82, 2.24) is 0 Å². The molecule has 1 aromatic rings. The number of phenols is 1. The molecule has 1 unspecified atom stereocenters. The molecular weight excluding hydrogens is 212 g/mol. The van der Waals surface area contributed by atoms with Gasteiger partial charge in [0.15, 0.2) is 0 Å². The number of carbonyl (C=O) groups excluding carboxylic acids is 1. The zero-order valence-corrected chi connectivity index (χ0v) is 9.58. The minimum absolute atomic E-state index is 0.197. The highest BCUT2D eigenvalue weighted by Gasteiger charge is 2.20. The molecule has 0 saturated heterocycles. The number of hydrogen-bond acceptors (Lipinski definition) is 4. The van der Waals surface area contributed by atoms with Gasteiger partial charge in [0, 0.05) is 0 Å². The third-order valence-corrected chi connectivity index (χ3v) is 2.87. The average molecular weight is 226 g/mol. The van der Waals surface area contributed by atoms with Crippen LogP contribution in [0.3, 0.4) is 0 Å². The first kappa shape index (κ1) is 11.9. The second-order valence-corrected chi connectivity index (χ2v) is 3.90. The Kier molecular flexibility index (Phi) is 4.49. The van der Waals surface area contributed by atoms with Crippen molar-refractivity contribution in [2.24, 2.45) is 0 Å². The molecule has 0 radical (unpaired) electrons. The molecule has 0 amide bonds. The third kappa shape index (κ3) is 3.16. The number of phenolic OH excluding ortho intramolecular Hbond substituents is 1. The summed E-state index contributed by atoms with van der Waals surface area (Å²) < 4.78 is 4.96. The maximum absolute atomic E-state index is 11.6. The lowest BCUT2D eigenvalue weighted by Gasteiger charge is -2.13. The number of aromatic hydroxyl groups is 1. The normalized spacial score (nSPS) is 12.1. The summed E-state index contributed by atoms with van der Waals surface area (Å²) >= 11 is 1.42. The number of carbonyl (C=O) groups is 1. The maximum Gasteiger partial charge on any atom is 0.323 e. The molecule has 1 rings (SSSR count). The van der Waals surface area contributed by atoms with Crippen LogP contribution in [0.1, 0.15) is 17.7 Å². The molecule has 0 spiro atoms. The number of thioether (sulfide) groups is 1. The highest BCUT2D eigenvalue weighted by molar-refractivity contribution is 7.99. The van der Waals surface area contributed by atoms with Crippen molar-refractivity contribution in [1.29, 1.82) is 0 Å². The summed E-state index contributed by atoms with van der Waals surface area (Å²) in [6.45, 7) is 2.17. The predicted molar refractivity (Wildman–Crippen MR) is 61.0 cm³/mol. The minimum atomic E-state index is -0.314. The summed E-state index contributed by atoms with van der Waals surface area (Å²) in [5.41, 5.74) is 0.846. The Labute approximate surface area is 93.4 Å². The summed E-state index contributed by atoms with van der Waals surface area (Å²) in [5.74, 6) is -0.0434. The fraction of sp³-hybridized carbons (Fsp3) is 0.364. The van der Waals surface area contributed by atoms with Gasteiger partial charge in [0.2, 0.25) is 0 Å². The van der Waals surface area contributed by atoms with Crippen LogP contribution in [0.15, 0.2) is 24.3 Å². The molecule has 3 nitrogen and oxygen atoms in total. The zero-order valence-electron chi connectivity index (χ0n) is 8.77. The van der Waals surface area contributed by atoms with E-state index in [1.807, 2.05) is 6.26 Å². The summed E-state index contributed by atoms with van der Waals surface area (Å²) in [5, 5.41) is 8.82. The van der Waals surface area contributed by atoms with E-state index in [1.54, 1.807) is 31.2 Å². The Balaban J connectivity index is 2.82. The highest BCUT2D eigenvalue weighted by atomic mass is 32.2. The number of hydrogen-bond donors (Lipinski definition) is 1. The van der Waals surface area contributed by atoms with E-state index in [1.165, 1.54) is 11.8 Å². The van der Waals surface area contributed by atoms with Crippen LogP contribution in [0.5, 0.6) is 5.75 Å². The van der Waals surface area contributed by atoms with Crippen molar-refractivity contribution in [3.05, 3.63) is 29.8 Å². The lowest BCUT2D eigenvalue weighted by Crippen LogP contribution is -2.12. The Morgan fingerprint density at radius 3 is 2.53 bits per heavy atom. The second kappa shape index (κ2) is 5.66. The van der Waals surface area contributed by atoms with E-state index in [9.17, 15) is 4.79 Å². The van der Waals surface area contributed by atoms with Gasteiger partial charge in [0.05, 0.1) is 6.61 Å². The van der Waals surface area contributed by atoms with Gasteiger partial charge < -0.3 is 9.84 Å². The zero-order chi connectivity index (χ0) is 11.3. The van der Waals surface area contributed by atoms with Crippen LogP contribution >= 0.6 is 11.8 Å². The van der Waals surface area contributed by atoms with Crippen molar-refractivity contribution in [2.75, 3.05) is 12.9 Å². The lowest BCUT2D eigenvalue weighted by atomic mass is 10.1. The fourth-order valence-corrected chi connectivity index (χ4v) is 1.93. The SMILES string of the molecule is CCOC(=O)C(SC)c1ccc(O)cc1. The molecule has 0 heterocycles. The predicted octanol–water partition coefficient (Wildman–Crippen LogP) is 2.36. The van der Waals surface area contributed by atoms with Crippen molar-refractivity contribution in [3.63, 3.8) is 0 Å². The topological polar surface area (TPSA) is 46.5 Å². The summed E-state index contributed by atoms with van der Waals surface area (Å²) in [6.07, 6.45) is 1.86. The monoisotopic (exact) mass is 226 g/mol. The molecule has 1 N–H and O–H groups in total. The van der Waals surface area contributed by atoms with Gasteiger partial charge in [0.25, 0.3) is 0 Å². The molecular formula is C11H14O3S. The van der Waals surface area contributed by atoms with Crippen molar-refractivity contribution < 1.29 is 14.6 Å². The van der Waals surface area contributed by atoms with Crippen LogP contribution in [0, 0.1) is 0 Å². The number of rotatable bonds is 4. The molecule has 0 aliphatic rings. The third-order valence-electron chi connectivity index (χ3n) is 1.93. The van der Waals surface area contributed by atoms with Crippen molar-refractivity contribution >= 4 is 17.7 Å². The Morgan fingerprint density at radius 2 is 2.07 bits per heavy atom. The fourth-order valence-electron chi connectivity index (χ4n) is 1.24.